The van der Waals surface area contributed by atoms with Crippen LogP contribution >= 0.6 is 0 Å². The van der Waals surface area contributed by atoms with Crippen molar-refractivity contribution in [2.24, 2.45) is 23.2 Å². The van der Waals surface area contributed by atoms with Gasteiger partial charge in [0, 0.05) is 0 Å². The van der Waals surface area contributed by atoms with E-state index in [9.17, 15) is 0 Å². The molecule has 3 aliphatic rings. The van der Waals surface area contributed by atoms with Crippen LogP contribution in [0.2, 0.25) is 0 Å². The number of hydrogen-bond donors (Lipinski definition) is 0. The van der Waals surface area contributed by atoms with Gasteiger partial charge in [0.2, 0.25) is 0 Å². The van der Waals surface area contributed by atoms with Crippen molar-refractivity contribution in [2.45, 2.75) is 98.3 Å². The minimum atomic E-state index is 0.531. The largest absolute Gasteiger partial charge is 0.0836 e. The van der Waals surface area contributed by atoms with Crippen LogP contribution in [0.1, 0.15) is 106 Å². The van der Waals surface area contributed by atoms with E-state index in [4.69, 9.17) is 0 Å². The van der Waals surface area contributed by atoms with Gasteiger partial charge in [0.1, 0.15) is 0 Å². The van der Waals surface area contributed by atoms with E-state index >= 15 is 0 Å². The lowest BCUT2D eigenvalue weighted by molar-refractivity contribution is 0.118. The van der Waals surface area contributed by atoms with Crippen molar-refractivity contribution >= 4 is 6.08 Å². The molecule has 0 aromatic heterocycles. The Hall–Kier alpha value is -1.04. The van der Waals surface area contributed by atoms with Crippen molar-refractivity contribution in [1.82, 2.24) is 0 Å². The standard InChI is InChI=1S/C27H40/c1-18(2)9-8-10-19(3)25-13-14-26-24-17-21-11-6-7-12-22(21)20(4)23(24)15-16-27(25,26)5/h6,11,17-19,25-26H,7-10,12-16H2,1-5H3. The highest BCUT2D eigenvalue weighted by atomic mass is 14.5. The first kappa shape index (κ1) is 19.3. The number of benzene rings is 1. The summed E-state index contributed by atoms with van der Waals surface area (Å²) in [7, 11) is 0. The van der Waals surface area contributed by atoms with Gasteiger partial charge in [-0.25, -0.2) is 0 Å². The molecule has 1 saturated carbocycles. The quantitative estimate of drug-likeness (QED) is 0.498. The molecule has 4 unspecified atom stereocenters. The van der Waals surface area contributed by atoms with Crippen LogP contribution in [0.3, 0.4) is 0 Å². The zero-order chi connectivity index (χ0) is 19.2. The Morgan fingerprint density at radius 2 is 1.89 bits per heavy atom. The van der Waals surface area contributed by atoms with Crippen LogP contribution in [0.5, 0.6) is 0 Å². The second-order valence-corrected chi connectivity index (χ2v) is 10.6. The van der Waals surface area contributed by atoms with E-state index in [-0.39, 0.29) is 0 Å². The maximum absolute atomic E-state index is 2.65. The summed E-state index contributed by atoms with van der Waals surface area (Å²) in [5.74, 6) is 3.47. The van der Waals surface area contributed by atoms with Gasteiger partial charge in [-0.2, -0.15) is 0 Å². The average molecular weight is 365 g/mol. The van der Waals surface area contributed by atoms with Crippen LogP contribution in [-0.2, 0) is 12.8 Å². The third-order valence-electron chi connectivity index (χ3n) is 8.60. The molecular weight excluding hydrogens is 324 g/mol. The monoisotopic (exact) mass is 364 g/mol. The number of fused-ring (bicyclic) bond motifs is 4. The summed E-state index contributed by atoms with van der Waals surface area (Å²) in [6.45, 7) is 12.4. The van der Waals surface area contributed by atoms with Crippen LogP contribution in [0.25, 0.3) is 6.08 Å². The van der Waals surface area contributed by atoms with Gasteiger partial charge in [-0.1, -0.05) is 65.2 Å². The molecule has 0 spiro atoms. The Labute approximate surface area is 167 Å². The van der Waals surface area contributed by atoms with Gasteiger partial charge < -0.3 is 0 Å². The summed E-state index contributed by atoms with van der Waals surface area (Å²) in [5.41, 5.74) is 8.83. The fourth-order valence-electron chi connectivity index (χ4n) is 7.03. The summed E-state index contributed by atoms with van der Waals surface area (Å²) in [5, 5.41) is 0. The van der Waals surface area contributed by atoms with Gasteiger partial charge in [-0.05, 0) is 102 Å². The number of allylic oxidation sites excluding steroid dienone is 1. The van der Waals surface area contributed by atoms with E-state index in [0.29, 0.717) is 5.41 Å². The van der Waals surface area contributed by atoms with Crippen LogP contribution < -0.4 is 0 Å². The lowest BCUT2D eigenvalue weighted by Gasteiger charge is -2.45. The van der Waals surface area contributed by atoms with Crippen molar-refractivity contribution in [3.05, 3.63) is 40.0 Å². The number of hydrogen-bond acceptors (Lipinski definition) is 0. The minimum Gasteiger partial charge on any atom is -0.0836 e. The molecule has 3 aliphatic carbocycles. The summed E-state index contributed by atoms with van der Waals surface area (Å²) in [6, 6.07) is 2.61. The Kier molecular flexibility index (Phi) is 5.30. The fraction of sp³-hybridized carbons (Fsp3) is 0.704. The molecule has 1 aromatic carbocycles. The molecule has 0 saturated heterocycles. The van der Waals surface area contributed by atoms with Crippen molar-refractivity contribution in [1.29, 1.82) is 0 Å². The highest BCUT2D eigenvalue weighted by molar-refractivity contribution is 5.63. The second kappa shape index (κ2) is 7.41. The van der Waals surface area contributed by atoms with Crippen LogP contribution in [0.4, 0.5) is 0 Å². The molecule has 0 amide bonds. The Morgan fingerprint density at radius 3 is 2.67 bits per heavy atom. The van der Waals surface area contributed by atoms with E-state index in [1.807, 2.05) is 0 Å². The van der Waals surface area contributed by atoms with Crippen molar-refractivity contribution < 1.29 is 0 Å². The molecule has 1 aromatic rings. The van der Waals surface area contributed by atoms with Crippen LogP contribution in [-0.4, -0.2) is 0 Å². The zero-order valence-corrected chi connectivity index (χ0v) is 18.4. The molecule has 0 heteroatoms. The molecule has 4 rings (SSSR count). The predicted molar refractivity (Wildman–Crippen MR) is 118 cm³/mol. The molecule has 0 N–H and O–H groups in total. The summed E-state index contributed by atoms with van der Waals surface area (Å²) in [4.78, 5) is 0. The maximum atomic E-state index is 2.65. The van der Waals surface area contributed by atoms with Crippen LogP contribution in [0, 0.1) is 30.1 Å². The van der Waals surface area contributed by atoms with Crippen molar-refractivity contribution in [2.75, 3.05) is 0 Å². The lowest BCUT2D eigenvalue weighted by Crippen LogP contribution is -2.35. The van der Waals surface area contributed by atoms with Gasteiger partial charge in [-0.15, -0.1) is 0 Å². The smallest absolute Gasteiger partial charge is 0.0102 e. The predicted octanol–water partition coefficient (Wildman–Crippen LogP) is 7.86. The number of rotatable bonds is 5. The lowest BCUT2D eigenvalue weighted by atomic mass is 9.60. The minimum absolute atomic E-state index is 0.531. The molecule has 27 heavy (non-hydrogen) atoms. The van der Waals surface area contributed by atoms with E-state index < -0.39 is 0 Å². The third kappa shape index (κ3) is 3.32. The van der Waals surface area contributed by atoms with E-state index in [0.717, 1.165) is 23.7 Å². The molecule has 0 heterocycles. The van der Waals surface area contributed by atoms with E-state index in [1.165, 1.54) is 63.4 Å². The first-order chi connectivity index (χ1) is 12.9. The highest BCUT2D eigenvalue weighted by Gasteiger charge is 2.51. The molecule has 0 nitrogen and oxygen atoms in total. The Bertz CT molecular complexity index is 722. The van der Waals surface area contributed by atoms with Gasteiger partial charge >= 0.3 is 0 Å². The van der Waals surface area contributed by atoms with Gasteiger partial charge in [0.05, 0.1) is 0 Å². The fourth-order valence-corrected chi connectivity index (χ4v) is 7.03. The SMILES string of the molecule is Cc1c2c(cc3c1CCC1(C)C3CCC1C(C)CCCC(C)C)C=CCC2. The van der Waals surface area contributed by atoms with Gasteiger partial charge in [-0.3, -0.25) is 0 Å². The Morgan fingerprint density at radius 1 is 1.07 bits per heavy atom. The Balaban J connectivity index is 1.59. The van der Waals surface area contributed by atoms with Crippen molar-refractivity contribution in [3.8, 4) is 0 Å². The molecule has 0 bridgehead atoms. The van der Waals surface area contributed by atoms with Crippen molar-refractivity contribution in [3.63, 3.8) is 0 Å². The topological polar surface area (TPSA) is 0 Å². The van der Waals surface area contributed by atoms with Gasteiger partial charge in [0.25, 0.3) is 0 Å². The molecule has 4 atom stereocenters. The van der Waals surface area contributed by atoms with Crippen LogP contribution in [0.15, 0.2) is 12.1 Å². The summed E-state index contributed by atoms with van der Waals surface area (Å²) >= 11 is 0. The normalized spacial score (nSPS) is 30.1. The van der Waals surface area contributed by atoms with E-state index in [2.05, 4.69) is 52.8 Å². The first-order valence-electron chi connectivity index (χ1n) is 11.7. The first-order valence-corrected chi connectivity index (χ1v) is 11.7. The van der Waals surface area contributed by atoms with E-state index in [1.54, 1.807) is 22.3 Å². The molecule has 148 valence electrons. The average Bonchev–Trinajstić information content (AvgIpc) is 2.99. The molecular formula is C27H40. The third-order valence-corrected chi connectivity index (χ3v) is 8.60. The highest BCUT2D eigenvalue weighted by Crippen LogP contribution is 2.61. The molecule has 1 fully saturated rings. The molecule has 0 radical (unpaired) electrons. The molecule has 0 aliphatic heterocycles. The second-order valence-electron chi connectivity index (χ2n) is 10.6. The summed E-state index contributed by atoms with van der Waals surface area (Å²) < 4.78 is 0. The summed E-state index contributed by atoms with van der Waals surface area (Å²) in [6.07, 6.45) is 17.1. The van der Waals surface area contributed by atoms with Gasteiger partial charge in [0.15, 0.2) is 0 Å². The maximum Gasteiger partial charge on any atom is -0.0102 e. The zero-order valence-electron chi connectivity index (χ0n) is 18.4.